The van der Waals surface area contributed by atoms with Crippen LogP contribution in [-0.4, -0.2) is 29.8 Å². The fourth-order valence-electron chi connectivity index (χ4n) is 3.36. The van der Waals surface area contributed by atoms with Crippen molar-refractivity contribution in [2.45, 2.75) is 18.0 Å². The monoisotopic (exact) mass is 463 g/mol. The summed E-state index contributed by atoms with van der Waals surface area (Å²) in [7, 11) is -3.75. The molecule has 0 aliphatic carbocycles. The molecule has 2 amide bonds. The lowest BCUT2D eigenvalue weighted by Crippen LogP contribution is -2.37. The molecule has 9 nitrogen and oxygen atoms in total. The summed E-state index contributed by atoms with van der Waals surface area (Å²) in [5.41, 5.74) is 2.91. The second kappa shape index (κ2) is 9.23. The third-order valence-electron chi connectivity index (χ3n) is 5.04. The number of carbonyl (C=O) groups is 2. The molecule has 0 saturated carbocycles. The molecule has 1 aliphatic rings. The third kappa shape index (κ3) is 5.25. The molecular formula is C23H21N5O4S. The maximum absolute atomic E-state index is 12.5. The van der Waals surface area contributed by atoms with Gasteiger partial charge in [0.15, 0.2) is 0 Å². The molecule has 168 valence electrons. The van der Waals surface area contributed by atoms with E-state index in [2.05, 4.69) is 15.6 Å². The minimum atomic E-state index is -3.75. The van der Waals surface area contributed by atoms with Gasteiger partial charge in [-0.3, -0.25) is 14.9 Å². The number of nitrogens with two attached hydrogens (primary N) is 1. The number of rotatable bonds is 7. The van der Waals surface area contributed by atoms with E-state index >= 15 is 0 Å². The van der Waals surface area contributed by atoms with Crippen LogP contribution in [0.25, 0.3) is 11.6 Å². The summed E-state index contributed by atoms with van der Waals surface area (Å²) in [6, 6.07) is 11.4. The smallest absolute Gasteiger partial charge is 0.260 e. The SMILES string of the molecule is NS(=O)(=O)c1ccc(CN/C=C2\C(=O)NC(=O)c3ccc(/C=C/Cn4ccnc4)cc32)cc1. The summed E-state index contributed by atoms with van der Waals surface area (Å²) in [6.45, 7) is 0.987. The summed E-state index contributed by atoms with van der Waals surface area (Å²) in [5, 5.41) is 10.5. The number of aromatic nitrogens is 2. The van der Waals surface area contributed by atoms with Crippen LogP contribution in [0.1, 0.15) is 27.0 Å². The first kappa shape index (κ1) is 22.2. The fraction of sp³-hybridized carbons (Fsp3) is 0.0870. The third-order valence-corrected chi connectivity index (χ3v) is 5.97. The van der Waals surface area contributed by atoms with Gasteiger partial charge >= 0.3 is 0 Å². The summed E-state index contributed by atoms with van der Waals surface area (Å²) in [6.07, 6.45) is 10.7. The molecular weight excluding hydrogens is 442 g/mol. The van der Waals surface area contributed by atoms with Crippen molar-refractivity contribution in [3.8, 4) is 0 Å². The molecule has 4 rings (SSSR count). The molecule has 0 spiro atoms. The van der Waals surface area contributed by atoms with Gasteiger partial charge in [-0.2, -0.15) is 0 Å². The number of primary sulfonamides is 1. The Kier molecular flexibility index (Phi) is 6.20. The minimum absolute atomic E-state index is 0.0253. The maximum Gasteiger partial charge on any atom is 0.260 e. The molecule has 2 heterocycles. The van der Waals surface area contributed by atoms with Crippen molar-refractivity contribution in [3.05, 3.63) is 95.7 Å². The zero-order valence-electron chi connectivity index (χ0n) is 17.4. The molecule has 1 aromatic heterocycles. The number of imide groups is 1. The minimum Gasteiger partial charge on any atom is -0.386 e. The van der Waals surface area contributed by atoms with Crippen molar-refractivity contribution >= 4 is 33.5 Å². The van der Waals surface area contributed by atoms with Gasteiger partial charge in [-0.05, 0) is 35.4 Å². The van der Waals surface area contributed by atoms with Crippen molar-refractivity contribution in [2.24, 2.45) is 5.14 Å². The van der Waals surface area contributed by atoms with Crippen LogP contribution in [0.5, 0.6) is 0 Å². The highest BCUT2D eigenvalue weighted by molar-refractivity contribution is 7.89. The van der Waals surface area contributed by atoms with Gasteiger partial charge in [0.1, 0.15) is 0 Å². The van der Waals surface area contributed by atoms with Gasteiger partial charge in [0.2, 0.25) is 10.0 Å². The molecule has 0 saturated heterocycles. The largest absolute Gasteiger partial charge is 0.386 e. The standard InChI is InChI=1S/C23H21N5O4S/c24-33(31,32)18-6-3-17(4-7-18)13-26-14-21-20-12-16(2-1-10-28-11-9-25-15-28)5-8-19(20)22(29)27-23(21)30/h1-9,11-12,14-15,26H,10,13H2,(H2,24,31,32)(H,27,29,30)/b2-1+,21-14-. The van der Waals surface area contributed by atoms with Crippen molar-refractivity contribution < 1.29 is 18.0 Å². The maximum atomic E-state index is 12.5. The zero-order valence-corrected chi connectivity index (χ0v) is 18.2. The van der Waals surface area contributed by atoms with E-state index in [-0.39, 0.29) is 4.90 Å². The Hall–Kier alpha value is -4.02. The first-order valence-corrected chi connectivity index (χ1v) is 11.5. The number of sulfonamides is 1. The van der Waals surface area contributed by atoms with Gasteiger partial charge < -0.3 is 9.88 Å². The summed E-state index contributed by atoms with van der Waals surface area (Å²) >= 11 is 0. The highest BCUT2D eigenvalue weighted by Gasteiger charge is 2.27. The first-order chi connectivity index (χ1) is 15.8. The molecule has 33 heavy (non-hydrogen) atoms. The number of nitrogens with zero attached hydrogens (tertiary/aromatic N) is 2. The van der Waals surface area contributed by atoms with E-state index in [0.29, 0.717) is 29.8 Å². The molecule has 0 unspecified atom stereocenters. The second-order valence-electron chi connectivity index (χ2n) is 7.38. The van der Waals surface area contributed by atoms with Gasteiger partial charge in [-0.15, -0.1) is 0 Å². The molecule has 0 fully saturated rings. The van der Waals surface area contributed by atoms with Crippen LogP contribution in [0.3, 0.4) is 0 Å². The van der Waals surface area contributed by atoms with Crippen LogP contribution in [0, 0.1) is 0 Å². The van der Waals surface area contributed by atoms with Crippen molar-refractivity contribution in [1.29, 1.82) is 0 Å². The number of hydrogen-bond acceptors (Lipinski definition) is 6. The van der Waals surface area contributed by atoms with Crippen LogP contribution in [-0.2, 0) is 27.9 Å². The Morgan fingerprint density at radius 3 is 2.55 bits per heavy atom. The van der Waals surface area contributed by atoms with Crippen molar-refractivity contribution in [1.82, 2.24) is 20.2 Å². The van der Waals surface area contributed by atoms with E-state index in [0.717, 1.165) is 11.1 Å². The van der Waals surface area contributed by atoms with Crippen LogP contribution in [0.2, 0.25) is 0 Å². The molecule has 2 aromatic carbocycles. The Balaban J connectivity index is 1.53. The number of carbonyl (C=O) groups excluding carboxylic acids is 2. The average molecular weight is 464 g/mol. The normalized spacial score (nSPS) is 15.0. The lowest BCUT2D eigenvalue weighted by atomic mass is 9.93. The molecule has 0 bridgehead atoms. The van der Waals surface area contributed by atoms with Crippen molar-refractivity contribution in [2.75, 3.05) is 0 Å². The number of imidazole rings is 1. The Bertz CT molecular complexity index is 1360. The Labute approximate surface area is 190 Å². The van der Waals surface area contributed by atoms with E-state index in [1.54, 1.807) is 43.0 Å². The fourth-order valence-corrected chi connectivity index (χ4v) is 3.88. The van der Waals surface area contributed by atoms with Gasteiger partial charge in [0, 0.05) is 42.8 Å². The topological polar surface area (TPSA) is 136 Å². The zero-order chi connectivity index (χ0) is 23.4. The average Bonchev–Trinajstić information content (AvgIpc) is 3.29. The Morgan fingerprint density at radius 1 is 1.06 bits per heavy atom. The molecule has 0 atom stereocenters. The van der Waals surface area contributed by atoms with E-state index in [9.17, 15) is 18.0 Å². The van der Waals surface area contributed by atoms with Crippen LogP contribution in [0.4, 0.5) is 0 Å². The quantitative estimate of drug-likeness (QED) is 0.360. The highest BCUT2D eigenvalue weighted by atomic mass is 32.2. The molecule has 10 heteroatoms. The number of hydrogen-bond donors (Lipinski definition) is 3. The lowest BCUT2D eigenvalue weighted by molar-refractivity contribution is -0.114. The predicted molar refractivity (Wildman–Crippen MR) is 123 cm³/mol. The van der Waals surface area contributed by atoms with Gasteiger partial charge in [0.25, 0.3) is 11.8 Å². The van der Waals surface area contributed by atoms with Crippen LogP contribution in [0.15, 0.2) is 78.4 Å². The Morgan fingerprint density at radius 2 is 1.85 bits per heavy atom. The number of nitrogens with one attached hydrogen (secondary N) is 2. The van der Waals surface area contributed by atoms with Gasteiger partial charge in [0.05, 0.1) is 16.8 Å². The molecule has 4 N–H and O–H groups in total. The van der Waals surface area contributed by atoms with Gasteiger partial charge in [-0.25, -0.2) is 18.5 Å². The number of amides is 2. The van der Waals surface area contributed by atoms with Crippen LogP contribution < -0.4 is 15.8 Å². The predicted octanol–water partition coefficient (Wildman–Crippen LogP) is 1.64. The van der Waals surface area contributed by atoms with Crippen LogP contribution >= 0.6 is 0 Å². The first-order valence-electron chi connectivity index (χ1n) is 9.99. The van der Waals surface area contributed by atoms with E-state index in [1.165, 1.54) is 12.1 Å². The summed E-state index contributed by atoms with van der Waals surface area (Å²) < 4.78 is 24.7. The summed E-state index contributed by atoms with van der Waals surface area (Å²) in [4.78, 5) is 28.8. The number of allylic oxidation sites excluding steroid dienone is 1. The lowest BCUT2D eigenvalue weighted by Gasteiger charge is -2.19. The van der Waals surface area contributed by atoms with E-state index < -0.39 is 21.8 Å². The van der Waals surface area contributed by atoms with E-state index in [1.807, 2.05) is 29.0 Å². The number of benzene rings is 2. The second-order valence-corrected chi connectivity index (χ2v) is 8.94. The molecule has 0 radical (unpaired) electrons. The number of fused-ring (bicyclic) bond motifs is 1. The molecule has 3 aromatic rings. The molecule has 1 aliphatic heterocycles. The van der Waals surface area contributed by atoms with E-state index in [4.69, 9.17) is 5.14 Å². The van der Waals surface area contributed by atoms with Crippen molar-refractivity contribution in [3.63, 3.8) is 0 Å². The van der Waals surface area contributed by atoms with Gasteiger partial charge in [-0.1, -0.05) is 30.4 Å². The highest BCUT2D eigenvalue weighted by Crippen LogP contribution is 2.25. The summed E-state index contributed by atoms with van der Waals surface area (Å²) in [5.74, 6) is -0.941.